The number of Topliss-reactive ketones (excluding diaryl/α,β-unsaturated/α-hetero) is 1. The zero-order valence-electron chi connectivity index (χ0n) is 14.3. The number of fused-ring (bicyclic) bond motifs is 1. The van der Waals surface area contributed by atoms with Gasteiger partial charge in [-0.05, 0) is 79.8 Å². The molecule has 0 amide bonds. The van der Waals surface area contributed by atoms with Gasteiger partial charge in [-0.15, -0.1) is 11.8 Å². The van der Waals surface area contributed by atoms with E-state index in [0.717, 1.165) is 22.6 Å². The van der Waals surface area contributed by atoms with E-state index in [1.165, 1.54) is 30.6 Å². The number of carbonyl (C=O) groups excluding carboxylic acids is 1. The summed E-state index contributed by atoms with van der Waals surface area (Å²) in [6, 6.07) is 17.4. The van der Waals surface area contributed by atoms with Gasteiger partial charge in [-0.1, -0.05) is 18.2 Å². The molecule has 25 heavy (non-hydrogen) atoms. The third-order valence-corrected chi connectivity index (χ3v) is 7.04. The van der Waals surface area contributed by atoms with Crippen LogP contribution in [0.4, 0.5) is 0 Å². The first kappa shape index (κ1) is 16.7. The van der Waals surface area contributed by atoms with E-state index in [0.29, 0.717) is 12.3 Å². The summed E-state index contributed by atoms with van der Waals surface area (Å²) in [6.45, 7) is 0. The van der Waals surface area contributed by atoms with E-state index in [1.807, 2.05) is 11.8 Å². The maximum atomic E-state index is 12.5. The summed E-state index contributed by atoms with van der Waals surface area (Å²) in [4.78, 5) is 13.8. The number of rotatable bonds is 5. The van der Waals surface area contributed by atoms with Crippen LogP contribution in [-0.4, -0.2) is 16.1 Å². The minimum Gasteiger partial charge on any atom is -0.508 e. The lowest BCUT2D eigenvalue weighted by atomic mass is 9.94. The Morgan fingerprint density at radius 1 is 0.920 bits per heavy atom. The number of hydrogen-bond acceptors (Lipinski definition) is 3. The molecule has 2 nitrogen and oxygen atoms in total. The predicted molar refractivity (Wildman–Crippen MR) is 102 cm³/mol. The second-order valence-electron chi connectivity index (χ2n) is 7.56. The Bertz CT molecular complexity index is 711. The van der Waals surface area contributed by atoms with Gasteiger partial charge in [0.05, 0.1) is 0 Å². The van der Waals surface area contributed by atoms with Gasteiger partial charge < -0.3 is 5.11 Å². The zero-order valence-corrected chi connectivity index (χ0v) is 15.1. The molecule has 1 unspecified atom stereocenters. The molecule has 0 aromatic heterocycles. The highest BCUT2D eigenvalue weighted by atomic mass is 32.2. The summed E-state index contributed by atoms with van der Waals surface area (Å²) in [6.07, 6.45) is 5.68. The van der Waals surface area contributed by atoms with Crippen molar-refractivity contribution in [2.75, 3.05) is 0 Å². The fourth-order valence-corrected chi connectivity index (χ4v) is 6.05. The lowest BCUT2D eigenvalue weighted by molar-refractivity contribution is 0.0960. The molecule has 2 aromatic carbocycles. The molecule has 3 heteroatoms. The predicted octanol–water partition coefficient (Wildman–Crippen LogP) is 5.56. The third kappa shape index (κ3) is 3.92. The molecular weight excluding hydrogens is 328 g/mol. The number of carbonyl (C=O) groups is 1. The van der Waals surface area contributed by atoms with E-state index < -0.39 is 0 Å². The minimum absolute atomic E-state index is 0.217. The van der Waals surface area contributed by atoms with E-state index in [9.17, 15) is 9.90 Å². The van der Waals surface area contributed by atoms with Crippen molar-refractivity contribution in [2.45, 2.75) is 42.2 Å². The molecule has 0 bridgehead atoms. The molecule has 2 aliphatic rings. The molecule has 0 spiro atoms. The number of hydrogen-bond donors (Lipinski definition) is 1. The monoisotopic (exact) mass is 352 g/mol. The molecular formula is C22H24O2S. The van der Waals surface area contributed by atoms with Crippen LogP contribution in [-0.2, 0) is 0 Å². The molecule has 2 fully saturated rings. The summed E-state index contributed by atoms with van der Waals surface area (Å²) in [5.74, 6) is 2.59. The Labute approximate surface area is 153 Å². The molecule has 0 radical (unpaired) electrons. The smallest absolute Gasteiger partial charge is 0.163 e. The lowest BCUT2D eigenvalue weighted by Crippen LogP contribution is -2.08. The second kappa shape index (κ2) is 7.25. The van der Waals surface area contributed by atoms with E-state index in [-0.39, 0.29) is 11.5 Å². The number of phenolic OH excluding ortho intramolecular Hbond substituents is 1. The summed E-state index contributed by atoms with van der Waals surface area (Å²) in [5.41, 5.74) is 0.729. The quantitative estimate of drug-likeness (QED) is 0.716. The van der Waals surface area contributed by atoms with Gasteiger partial charge in [0.1, 0.15) is 5.75 Å². The Hall–Kier alpha value is -1.74. The van der Waals surface area contributed by atoms with Crippen molar-refractivity contribution in [3.8, 4) is 5.75 Å². The van der Waals surface area contributed by atoms with Crippen LogP contribution in [0.1, 0.15) is 42.5 Å². The van der Waals surface area contributed by atoms with E-state index >= 15 is 0 Å². The molecule has 130 valence electrons. The van der Waals surface area contributed by atoms with Gasteiger partial charge in [0, 0.05) is 22.1 Å². The number of benzene rings is 2. The van der Waals surface area contributed by atoms with Crippen molar-refractivity contribution in [2.24, 2.45) is 17.8 Å². The largest absolute Gasteiger partial charge is 0.508 e. The minimum atomic E-state index is 0.217. The number of ketones is 1. The van der Waals surface area contributed by atoms with Crippen molar-refractivity contribution in [3.63, 3.8) is 0 Å². The highest BCUT2D eigenvalue weighted by Gasteiger charge is 2.42. The summed E-state index contributed by atoms with van der Waals surface area (Å²) >= 11 is 2.03. The van der Waals surface area contributed by atoms with Gasteiger partial charge in [0.2, 0.25) is 0 Å². The highest BCUT2D eigenvalue weighted by Crippen LogP contribution is 2.52. The van der Waals surface area contributed by atoms with E-state index in [1.54, 1.807) is 24.3 Å². The molecule has 0 heterocycles. The summed E-state index contributed by atoms with van der Waals surface area (Å²) in [7, 11) is 0. The average Bonchev–Trinajstić information content (AvgIpc) is 3.14. The van der Waals surface area contributed by atoms with Gasteiger partial charge >= 0.3 is 0 Å². The van der Waals surface area contributed by atoms with Crippen LogP contribution in [0.25, 0.3) is 0 Å². The molecule has 0 aliphatic heterocycles. The maximum Gasteiger partial charge on any atom is 0.163 e. The van der Waals surface area contributed by atoms with Crippen LogP contribution in [0.3, 0.4) is 0 Å². The van der Waals surface area contributed by atoms with Crippen LogP contribution in [0.15, 0.2) is 59.5 Å². The standard InChI is InChI=1S/C22H24O2S/c23-19-8-6-16(7-9-19)22(24)12-15-10-17-13-21(14-18(17)11-15)25-20-4-2-1-3-5-20/h1-9,15,17-18,21,23H,10-14H2/t15?,17-,18+,21-. The zero-order chi connectivity index (χ0) is 17.2. The fourth-order valence-electron chi connectivity index (χ4n) is 4.67. The molecule has 2 saturated carbocycles. The van der Waals surface area contributed by atoms with Gasteiger partial charge in [0.15, 0.2) is 5.78 Å². The number of thioether (sulfide) groups is 1. The van der Waals surface area contributed by atoms with Crippen LogP contribution < -0.4 is 0 Å². The molecule has 2 aromatic rings. The Balaban J connectivity index is 1.29. The van der Waals surface area contributed by atoms with Gasteiger partial charge in [-0.2, -0.15) is 0 Å². The summed E-state index contributed by atoms with van der Waals surface area (Å²) in [5, 5.41) is 10.1. The van der Waals surface area contributed by atoms with Crippen LogP contribution in [0.2, 0.25) is 0 Å². The van der Waals surface area contributed by atoms with E-state index in [2.05, 4.69) is 30.3 Å². The Kier molecular flexibility index (Phi) is 4.85. The van der Waals surface area contributed by atoms with Gasteiger partial charge in [0.25, 0.3) is 0 Å². The van der Waals surface area contributed by atoms with Crippen LogP contribution in [0.5, 0.6) is 5.75 Å². The maximum absolute atomic E-state index is 12.5. The Morgan fingerprint density at radius 3 is 2.20 bits per heavy atom. The van der Waals surface area contributed by atoms with Crippen LogP contribution in [0, 0.1) is 17.8 Å². The molecule has 4 atom stereocenters. The molecule has 2 aliphatic carbocycles. The number of phenols is 1. The van der Waals surface area contributed by atoms with Crippen molar-refractivity contribution >= 4 is 17.5 Å². The number of aromatic hydroxyl groups is 1. The first-order valence-corrected chi connectivity index (χ1v) is 10.1. The van der Waals surface area contributed by atoms with Crippen molar-refractivity contribution in [1.82, 2.24) is 0 Å². The lowest BCUT2D eigenvalue weighted by Gasteiger charge is -2.14. The second-order valence-corrected chi connectivity index (χ2v) is 8.93. The van der Waals surface area contributed by atoms with Crippen molar-refractivity contribution < 1.29 is 9.90 Å². The first-order valence-electron chi connectivity index (χ1n) is 9.21. The third-order valence-electron chi connectivity index (χ3n) is 5.78. The molecule has 1 N–H and O–H groups in total. The normalized spacial score (nSPS) is 28.0. The van der Waals surface area contributed by atoms with E-state index in [4.69, 9.17) is 0 Å². The first-order chi connectivity index (χ1) is 12.2. The van der Waals surface area contributed by atoms with Gasteiger partial charge in [-0.3, -0.25) is 4.79 Å². The fraction of sp³-hybridized carbons (Fsp3) is 0.409. The molecule has 0 saturated heterocycles. The van der Waals surface area contributed by atoms with Crippen molar-refractivity contribution in [1.29, 1.82) is 0 Å². The highest BCUT2D eigenvalue weighted by molar-refractivity contribution is 8.00. The Morgan fingerprint density at radius 2 is 1.56 bits per heavy atom. The average molecular weight is 352 g/mol. The van der Waals surface area contributed by atoms with Crippen molar-refractivity contribution in [3.05, 3.63) is 60.2 Å². The van der Waals surface area contributed by atoms with Crippen LogP contribution >= 0.6 is 11.8 Å². The van der Waals surface area contributed by atoms with Gasteiger partial charge in [-0.25, -0.2) is 0 Å². The topological polar surface area (TPSA) is 37.3 Å². The summed E-state index contributed by atoms with van der Waals surface area (Å²) < 4.78 is 0. The SMILES string of the molecule is O=C(CC1C[C@@H]2C[C@@H](Sc3ccccc3)C[C@@H]2C1)c1ccc(O)cc1. The molecule has 4 rings (SSSR count).